The second kappa shape index (κ2) is 8.64. The van der Waals surface area contributed by atoms with Gasteiger partial charge in [-0.15, -0.1) is 0 Å². The topological polar surface area (TPSA) is 50.3 Å². The van der Waals surface area contributed by atoms with Crippen molar-refractivity contribution < 1.29 is 4.74 Å². The molecule has 140 valence electrons. The number of aromatic nitrogens is 2. The van der Waals surface area contributed by atoms with Crippen LogP contribution in [0.5, 0.6) is 5.75 Å². The summed E-state index contributed by atoms with van der Waals surface area (Å²) >= 11 is 0. The molecular weight excluding hydrogens is 336 g/mol. The standard InChI is InChI=1S/C22H26N4O/c1-5-27-20-13-18(19-11-7-6-10-17(19)15-26(3)4)14-23-22(20)25-21-12-8-9-16(2)24-21/h6-14H,5,15H2,1-4H3,(H,23,24,25). The van der Waals surface area contributed by atoms with Crippen molar-refractivity contribution in [3.63, 3.8) is 0 Å². The molecule has 5 heteroatoms. The number of nitrogens with zero attached hydrogens (tertiary/aromatic N) is 3. The van der Waals surface area contributed by atoms with E-state index in [1.807, 2.05) is 44.3 Å². The van der Waals surface area contributed by atoms with Crippen molar-refractivity contribution in [1.82, 2.24) is 14.9 Å². The maximum atomic E-state index is 5.86. The molecule has 0 atom stereocenters. The molecule has 0 unspecified atom stereocenters. The fraction of sp³-hybridized carbons (Fsp3) is 0.273. The SMILES string of the molecule is CCOc1cc(-c2ccccc2CN(C)C)cnc1Nc1cccc(C)n1. The third-order valence-electron chi connectivity index (χ3n) is 4.10. The van der Waals surface area contributed by atoms with E-state index in [2.05, 4.69) is 58.5 Å². The summed E-state index contributed by atoms with van der Waals surface area (Å²) in [6, 6.07) is 16.3. The Bertz CT molecular complexity index is 908. The Kier molecular flexibility index (Phi) is 6.04. The highest BCUT2D eigenvalue weighted by Crippen LogP contribution is 2.32. The van der Waals surface area contributed by atoms with Crippen LogP contribution in [0.4, 0.5) is 11.6 Å². The lowest BCUT2D eigenvalue weighted by Gasteiger charge is -2.16. The minimum absolute atomic E-state index is 0.570. The quantitative estimate of drug-likeness (QED) is 0.663. The first-order valence-corrected chi connectivity index (χ1v) is 9.13. The number of benzene rings is 1. The van der Waals surface area contributed by atoms with E-state index < -0.39 is 0 Å². The molecule has 0 fully saturated rings. The van der Waals surface area contributed by atoms with Crippen LogP contribution in [0.2, 0.25) is 0 Å². The second-order valence-corrected chi connectivity index (χ2v) is 6.69. The lowest BCUT2D eigenvalue weighted by atomic mass is 10.0. The predicted molar refractivity (Wildman–Crippen MR) is 110 cm³/mol. The van der Waals surface area contributed by atoms with E-state index in [9.17, 15) is 0 Å². The highest BCUT2D eigenvalue weighted by Gasteiger charge is 2.12. The molecule has 3 aromatic rings. The molecule has 0 radical (unpaired) electrons. The van der Waals surface area contributed by atoms with Gasteiger partial charge in [0.15, 0.2) is 11.6 Å². The first kappa shape index (κ1) is 18.9. The van der Waals surface area contributed by atoms with Crippen LogP contribution < -0.4 is 10.1 Å². The third kappa shape index (κ3) is 4.83. The van der Waals surface area contributed by atoms with E-state index >= 15 is 0 Å². The van der Waals surface area contributed by atoms with Gasteiger partial charge in [-0.1, -0.05) is 30.3 Å². The molecule has 0 aliphatic rings. The lowest BCUT2D eigenvalue weighted by Crippen LogP contribution is -2.11. The Hall–Kier alpha value is -2.92. The molecule has 0 amide bonds. The van der Waals surface area contributed by atoms with Gasteiger partial charge in [-0.05, 0) is 57.3 Å². The number of rotatable bonds is 7. The molecular formula is C22H26N4O. The fourth-order valence-electron chi connectivity index (χ4n) is 2.97. The van der Waals surface area contributed by atoms with Gasteiger partial charge in [0, 0.05) is 24.0 Å². The number of nitrogens with one attached hydrogen (secondary N) is 1. The Morgan fingerprint density at radius 1 is 1.07 bits per heavy atom. The summed E-state index contributed by atoms with van der Waals surface area (Å²) in [5.74, 6) is 2.14. The average Bonchev–Trinajstić information content (AvgIpc) is 2.63. The Morgan fingerprint density at radius 3 is 2.63 bits per heavy atom. The molecule has 0 aliphatic heterocycles. The maximum Gasteiger partial charge on any atom is 0.174 e. The number of hydrogen-bond acceptors (Lipinski definition) is 5. The first-order chi connectivity index (χ1) is 13.1. The van der Waals surface area contributed by atoms with Gasteiger partial charge in [-0.25, -0.2) is 9.97 Å². The van der Waals surface area contributed by atoms with Gasteiger partial charge in [0.1, 0.15) is 5.82 Å². The third-order valence-corrected chi connectivity index (χ3v) is 4.10. The highest BCUT2D eigenvalue weighted by molar-refractivity contribution is 5.72. The van der Waals surface area contributed by atoms with Crippen LogP contribution in [-0.4, -0.2) is 35.6 Å². The minimum atomic E-state index is 0.570. The molecule has 1 aromatic carbocycles. The van der Waals surface area contributed by atoms with E-state index in [1.54, 1.807) is 0 Å². The van der Waals surface area contributed by atoms with Crippen molar-refractivity contribution in [2.75, 3.05) is 26.0 Å². The molecule has 27 heavy (non-hydrogen) atoms. The zero-order valence-corrected chi connectivity index (χ0v) is 16.4. The number of aryl methyl sites for hydroxylation is 1. The van der Waals surface area contributed by atoms with Crippen molar-refractivity contribution in [2.45, 2.75) is 20.4 Å². The van der Waals surface area contributed by atoms with E-state index in [1.165, 1.54) is 11.1 Å². The molecule has 0 spiro atoms. The summed E-state index contributed by atoms with van der Waals surface area (Å²) in [4.78, 5) is 11.3. The van der Waals surface area contributed by atoms with Crippen LogP contribution in [-0.2, 0) is 6.54 Å². The average molecular weight is 362 g/mol. The number of hydrogen-bond donors (Lipinski definition) is 1. The molecule has 2 heterocycles. The van der Waals surface area contributed by atoms with Crippen molar-refractivity contribution in [3.05, 3.63) is 66.0 Å². The largest absolute Gasteiger partial charge is 0.490 e. The van der Waals surface area contributed by atoms with Crippen LogP contribution in [0.25, 0.3) is 11.1 Å². The Labute approximate surface area is 161 Å². The summed E-state index contributed by atoms with van der Waals surface area (Å²) in [7, 11) is 4.14. The van der Waals surface area contributed by atoms with Gasteiger partial charge in [0.05, 0.1) is 6.61 Å². The van der Waals surface area contributed by atoms with Gasteiger partial charge < -0.3 is 15.0 Å². The minimum Gasteiger partial charge on any atom is -0.490 e. The van der Waals surface area contributed by atoms with E-state index in [4.69, 9.17) is 4.74 Å². The molecule has 0 saturated carbocycles. The van der Waals surface area contributed by atoms with Gasteiger partial charge >= 0.3 is 0 Å². The van der Waals surface area contributed by atoms with Crippen LogP contribution in [0, 0.1) is 6.92 Å². The van der Waals surface area contributed by atoms with Gasteiger partial charge in [0.2, 0.25) is 0 Å². The van der Waals surface area contributed by atoms with Crippen LogP contribution in [0.3, 0.4) is 0 Å². The zero-order chi connectivity index (χ0) is 19.2. The first-order valence-electron chi connectivity index (χ1n) is 9.13. The van der Waals surface area contributed by atoms with Crippen LogP contribution >= 0.6 is 0 Å². The fourth-order valence-corrected chi connectivity index (χ4v) is 2.97. The predicted octanol–water partition coefficient (Wildman–Crippen LogP) is 4.66. The van der Waals surface area contributed by atoms with Crippen molar-refractivity contribution in [2.24, 2.45) is 0 Å². The Morgan fingerprint density at radius 2 is 1.89 bits per heavy atom. The van der Waals surface area contributed by atoms with E-state index in [0.717, 1.165) is 29.4 Å². The molecule has 0 saturated heterocycles. The second-order valence-electron chi connectivity index (χ2n) is 6.69. The van der Waals surface area contributed by atoms with Gasteiger partial charge in [-0.3, -0.25) is 0 Å². The molecule has 5 nitrogen and oxygen atoms in total. The monoisotopic (exact) mass is 362 g/mol. The number of pyridine rings is 2. The summed E-state index contributed by atoms with van der Waals surface area (Å²) in [5.41, 5.74) is 4.42. The molecule has 1 N–H and O–H groups in total. The van der Waals surface area contributed by atoms with Gasteiger partial charge in [0.25, 0.3) is 0 Å². The van der Waals surface area contributed by atoms with Gasteiger partial charge in [-0.2, -0.15) is 0 Å². The number of ether oxygens (including phenoxy) is 1. The smallest absolute Gasteiger partial charge is 0.174 e. The van der Waals surface area contributed by atoms with E-state index in [0.29, 0.717) is 12.4 Å². The summed E-state index contributed by atoms with van der Waals surface area (Å²) in [5, 5.41) is 3.27. The normalized spacial score (nSPS) is 10.9. The molecule has 0 aliphatic carbocycles. The van der Waals surface area contributed by atoms with Crippen molar-refractivity contribution >= 4 is 11.6 Å². The number of anilines is 2. The maximum absolute atomic E-state index is 5.86. The summed E-state index contributed by atoms with van der Waals surface area (Å²) < 4.78 is 5.86. The molecule has 3 rings (SSSR count). The van der Waals surface area contributed by atoms with Crippen LogP contribution in [0.1, 0.15) is 18.2 Å². The van der Waals surface area contributed by atoms with Crippen molar-refractivity contribution in [1.29, 1.82) is 0 Å². The van der Waals surface area contributed by atoms with E-state index in [-0.39, 0.29) is 0 Å². The molecule has 2 aromatic heterocycles. The molecule has 0 bridgehead atoms. The summed E-state index contributed by atoms with van der Waals surface area (Å²) in [6.07, 6.45) is 1.88. The zero-order valence-electron chi connectivity index (χ0n) is 16.4. The highest BCUT2D eigenvalue weighted by atomic mass is 16.5. The lowest BCUT2D eigenvalue weighted by molar-refractivity contribution is 0.341. The van der Waals surface area contributed by atoms with Crippen LogP contribution in [0.15, 0.2) is 54.7 Å². The van der Waals surface area contributed by atoms with Crippen molar-refractivity contribution in [3.8, 4) is 16.9 Å². The Balaban J connectivity index is 1.97. The summed E-state index contributed by atoms with van der Waals surface area (Å²) in [6.45, 7) is 5.38.